The van der Waals surface area contributed by atoms with Crippen molar-refractivity contribution >= 4 is 22.5 Å². The van der Waals surface area contributed by atoms with Crippen LogP contribution in [0.15, 0.2) is 35.3 Å². The lowest BCUT2D eigenvalue weighted by Gasteiger charge is -2.13. The fraction of sp³-hybridized carbons (Fsp3) is 0.429. The minimum atomic E-state index is -0.0747. The Bertz CT molecular complexity index is 1050. The summed E-state index contributed by atoms with van der Waals surface area (Å²) in [4.78, 5) is 17.5. The van der Waals surface area contributed by atoms with Crippen molar-refractivity contribution in [3.8, 4) is 5.75 Å². The second-order valence-electron chi connectivity index (χ2n) is 7.33. The molecule has 2 N–H and O–H groups in total. The van der Waals surface area contributed by atoms with E-state index in [1.807, 2.05) is 35.8 Å². The van der Waals surface area contributed by atoms with Gasteiger partial charge < -0.3 is 15.2 Å². The molecule has 0 spiro atoms. The molecule has 2 aromatic heterocycles. The van der Waals surface area contributed by atoms with Crippen molar-refractivity contribution in [2.75, 3.05) is 19.0 Å². The largest absolute Gasteiger partial charge is 0.497 e. The number of methoxy groups -OCH3 is 1. The average Bonchev–Trinajstić information content (AvgIpc) is 3.30. The molecule has 0 unspecified atom stereocenters. The highest BCUT2D eigenvalue weighted by Gasteiger charge is 2.24. The van der Waals surface area contributed by atoms with E-state index in [1.54, 1.807) is 17.9 Å². The summed E-state index contributed by atoms with van der Waals surface area (Å²) in [6.07, 6.45) is 6.04. The number of pyridine rings is 1. The standard InChI is InChI=1S/C21H26N4O3/c1-14-11-16(28-2)7-8-17(14)23-20-12-18-19(13-22-20)24(9-10-26)21(27)25(18)15-5-3-4-6-15/h7-8,11-13,15,26H,3-6,9-10H2,1-2H3,(H,22,23). The molecule has 0 saturated heterocycles. The number of nitrogens with one attached hydrogen (secondary N) is 1. The summed E-state index contributed by atoms with van der Waals surface area (Å²) in [6.45, 7) is 2.21. The summed E-state index contributed by atoms with van der Waals surface area (Å²) < 4.78 is 8.79. The van der Waals surface area contributed by atoms with Gasteiger partial charge in [-0.1, -0.05) is 12.8 Å². The maximum atomic E-state index is 13.0. The van der Waals surface area contributed by atoms with Gasteiger partial charge in [0.15, 0.2) is 0 Å². The number of aromatic nitrogens is 3. The van der Waals surface area contributed by atoms with Crippen molar-refractivity contribution in [3.05, 3.63) is 46.5 Å². The van der Waals surface area contributed by atoms with E-state index in [-0.39, 0.29) is 24.9 Å². The highest BCUT2D eigenvalue weighted by molar-refractivity contribution is 5.79. The van der Waals surface area contributed by atoms with E-state index >= 15 is 0 Å². The number of anilines is 2. The fourth-order valence-electron chi connectivity index (χ4n) is 4.12. The summed E-state index contributed by atoms with van der Waals surface area (Å²) in [5.41, 5.74) is 3.57. The van der Waals surface area contributed by atoms with Crippen LogP contribution in [-0.2, 0) is 6.54 Å². The molecule has 148 valence electrons. The van der Waals surface area contributed by atoms with Crippen LogP contribution in [0.2, 0.25) is 0 Å². The SMILES string of the molecule is COc1ccc(Nc2cc3c(cn2)n(CCO)c(=O)n3C2CCCC2)c(C)c1. The molecule has 0 amide bonds. The predicted octanol–water partition coefficient (Wildman–Crippen LogP) is 3.37. The van der Waals surface area contributed by atoms with Crippen LogP contribution in [0.1, 0.15) is 37.3 Å². The van der Waals surface area contributed by atoms with Gasteiger partial charge in [0.1, 0.15) is 11.6 Å². The fourth-order valence-corrected chi connectivity index (χ4v) is 4.12. The van der Waals surface area contributed by atoms with Crippen LogP contribution in [0.5, 0.6) is 5.75 Å². The van der Waals surface area contributed by atoms with Crippen molar-refractivity contribution in [1.29, 1.82) is 0 Å². The van der Waals surface area contributed by atoms with Crippen molar-refractivity contribution in [2.24, 2.45) is 0 Å². The number of aryl methyl sites for hydroxylation is 1. The topological polar surface area (TPSA) is 81.3 Å². The highest BCUT2D eigenvalue weighted by atomic mass is 16.5. The molecule has 1 fully saturated rings. The number of aliphatic hydroxyl groups excluding tert-OH is 1. The molecule has 1 aromatic carbocycles. The van der Waals surface area contributed by atoms with Gasteiger partial charge in [-0.2, -0.15) is 0 Å². The van der Waals surface area contributed by atoms with E-state index in [4.69, 9.17) is 4.74 Å². The van der Waals surface area contributed by atoms with Crippen molar-refractivity contribution in [3.63, 3.8) is 0 Å². The van der Waals surface area contributed by atoms with Crippen LogP contribution in [0, 0.1) is 6.92 Å². The predicted molar refractivity (Wildman–Crippen MR) is 110 cm³/mol. The quantitative estimate of drug-likeness (QED) is 0.683. The summed E-state index contributed by atoms with van der Waals surface area (Å²) in [5, 5.41) is 12.7. The molecule has 3 aromatic rings. The molecule has 1 aliphatic carbocycles. The minimum Gasteiger partial charge on any atom is -0.497 e. The van der Waals surface area contributed by atoms with E-state index in [9.17, 15) is 9.90 Å². The maximum Gasteiger partial charge on any atom is 0.329 e. The third-order valence-electron chi connectivity index (χ3n) is 5.56. The van der Waals surface area contributed by atoms with Crippen LogP contribution in [0.25, 0.3) is 11.0 Å². The molecule has 2 heterocycles. The molecule has 1 saturated carbocycles. The van der Waals surface area contributed by atoms with Crippen LogP contribution in [0.4, 0.5) is 11.5 Å². The molecule has 7 nitrogen and oxygen atoms in total. The molecule has 1 aliphatic rings. The lowest BCUT2D eigenvalue weighted by molar-refractivity contribution is 0.275. The summed E-state index contributed by atoms with van der Waals surface area (Å²) >= 11 is 0. The molecular formula is C21H26N4O3. The van der Waals surface area contributed by atoms with Gasteiger partial charge in [-0.3, -0.25) is 9.13 Å². The number of hydrogen-bond donors (Lipinski definition) is 2. The number of nitrogens with zero attached hydrogens (tertiary/aromatic N) is 3. The normalized spacial score (nSPS) is 14.7. The maximum absolute atomic E-state index is 13.0. The first kappa shape index (κ1) is 18.6. The lowest BCUT2D eigenvalue weighted by atomic mass is 10.2. The van der Waals surface area contributed by atoms with E-state index in [0.29, 0.717) is 5.82 Å². The Morgan fingerprint density at radius 3 is 2.71 bits per heavy atom. The van der Waals surface area contributed by atoms with Gasteiger partial charge in [0.25, 0.3) is 0 Å². The van der Waals surface area contributed by atoms with Crippen molar-refractivity contribution < 1.29 is 9.84 Å². The molecule has 7 heteroatoms. The summed E-state index contributed by atoms with van der Waals surface area (Å²) in [5.74, 6) is 1.50. The molecule has 28 heavy (non-hydrogen) atoms. The van der Waals surface area contributed by atoms with Crippen LogP contribution >= 0.6 is 0 Å². The molecular weight excluding hydrogens is 356 g/mol. The van der Waals surface area contributed by atoms with Gasteiger partial charge >= 0.3 is 5.69 Å². The number of fused-ring (bicyclic) bond motifs is 1. The zero-order chi connectivity index (χ0) is 19.7. The highest BCUT2D eigenvalue weighted by Crippen LogP contribution is 2.32. The lowest BCUT2D eigenvalue weighted by Crippen LogP contribution is -2.27. The number of hydrogen-bond acceptors (Lipinski definition) is 5. The Morgan fingerprint density at radius 2 is 2.04 bits per heavy atom. The monoisotopic (exact) mass is 382 g/mol. The number of imidazole rings is 1. The van der Waals surface area contributed by atoms with Crippen LogP contribution in [-0.4, -0.2) is 32.9 Å². The summed E-state index contributed by atoms with van der Waals surface area (Å²) in [6, 6.07) is 7.98. The molecule has 0 aliphatic heterocycles. The first-order valence-electron chi connectivity index (χ1n) is 9.75. The zero-order valence-electron chi connectivity index (χ0n) is 16.3. The number of rotatable bonds is 6. The van der Waals surface area contributed by atoms with E-state index in [1.165, 1.54) is 0 Å². The van der Waals surface area contributed by atoms with Gasteiger partial charge in [-0.05, 0) is 43.5 Å². The van der Waals surface area contributed by atoms with Crippen LogP contribution in [0.3, 0.4) is 0 Å². The van der Waals surface area contributed by atoms with E-state index < -0.39 is 0 Å². The number of ether oxygens (including phenoxy) is 1. The van der Waals surface area contributed by atoms with Gasteiger partial charge in [0.2, 0.25) is 0 Å². The number of benzene rings is 1. The first-order valence-corrected chi connectivity index (χ1v) is 9.75. The van der Waals surface area contributed by atoms with Gasteiger partial charge in [-0.15, -0.1) is 0 Å². The average molecular weight is 382 g/mol. The third-order valence-corrected chi connectivity index (χ3v) is 5.56. The van der Waals surface area contributed by atoms with Gasteiger partial charge in [0.05, 0.1) is 37.5 Å². The third kappa shape index (κ3) is 3.26. The Hall–Kier alpha value is -2.80. The minimum absolute atomic E-state index is 0.0597. The van der Waals surface area contributed by atoms with Crippen molar-refractivity contribution in [1.82, 2.24) is 14.1 Å². The number of aliphatic hydroxyl groups is 1. The zero-order valence-corrected chi connectivity index (χ0v) is 16.3. The molecule has 0 bridgehead atoms. The second kappa shape index (κ2) is 7.67. The van der Waals surface area contributed by atoms with Crippen LogP contribution < -0.4 is 15.7 Å². The second-order valence-corrected chi connectivity index (χ2v) is 7.33. The van der Waals surface area contributed by atoms with E-state index in [2.05, 4.69) is 10.3 Å². The Labute approximate surface area is 163 Å². The van der Waals surface area contributed by atoms with Gasteiger partial charge in [-0.25, -0.2) is 9.78 Å². The Morgan fingerprint density at radius 1 is 1.25 bits per heavy atom. The smallest absolute Gasteiger partial charge is 0.329 e. The molecule has 0 radical (unpaired) electrons. The molecule has 4 rings (SSSR count). The summed E-state index contributed by atoms with van der Waals surface area (Å²) in [7, 11) is 1.65. The first-order chi connectivity index (χ1) is 13.6. The van der Waals surface area contributed by atoms with Crippen molar-refractivity contribution in [2.45, 2.75) is 45.2 Å². The van der Waals surface area contributed by atoms with Gasteiger partial charge in [0, 0.05) is 17.8 Å². The van der Waals surface area contributed by atoms with E-state index in [0.717, 1.165) is 53.7 Å². The molecule has 0 atom stereocenters. The Balaban J connectivity index is 1.77. The Kier molecular flexibility index (Phi) is 5.09.